The van der Waals surface area contributed by atoms with Crippen LogP contribution in [0.2, 0.25) is 0 Å². The summed E-state index contributed by atoms with van der Waals surface area (Å²) in [6.07, 6.45) is 5.36. The van der Waals surface area contributed by atoms with Crippen LogP contribution in [0.5, 0.6) is 0 Å². The molecule has 84 valence electrons. The van der Waals surface area contributed by atoms with Gasteiger partial charge in [-0.2, -0.15) is 0 Å². The van der Waals surface area contributed by atoms with Crippen molar-refractivity contribution in [3.63, 3.8) is 0 Å². The molecule has 0 spiro atoms. The summed E-state index contributed by atoms with van der Waals surface area (Å²) < 4.78 is 0. The van der Waals surface area contributed by atoms with Crippen LogP contribution in [-0.4, -0.2) is 47.5 Å². The fraction of sp³-hybridized carbons (Fsp3) is 0.500. The summed E-state index contributed by atoms with van der Waals surface area (Å²) in [7, 11) is 0. The number of ketones is 2. The molecule has 0 saturated carbocycles. The Balaban J connectivity index is 1.91. The fourth-order valence-electron chi connectivity index (χ4n) is 2.16. The Morgan fingerprint density at radius 2 is 1.12 bits per heavy atom. The van der Waals surface area contributed by atoms with Gasteiger partial charge in [-0.15, -0.1) is 0 Å². The Hall–Kier alpha value is -1.58. The van der Waals surface area contributed by atoms with Gasteiger partial charge < -0.3 is 9.80 Å². The first-order chi connectivity index (χ1) is 7.75. The van der Waals surface area contributed by atoms with E-state index < -0.39 is 0 Å². The summed E-state index contributed by atoms with van der Waals surface area (Å²) in [6, 6.07) is 0. The molecule has 0 aromatic carbocycles. The maximum absolute atomic E-state index is 11.4. The first-order valence-corrected chi connectivity index (χ1v) is 5.78. The molecule has 3 rings (SSSR count). The van der Waals surface area contributed by atoms with Crippen LogP contribution in [0.3, 0.4) is 0 Å². The maximum Gasteiger partial charge on any atom is 0.227 e. The third-order valence-electron chi connectivity index (χ3n) is 3.43. The molecule has 0 atom stereocenters. The molecule has 2 saturated heterocycles. The lowest BCUT2D eigenvalue weighted by Crippen LogP contribution is -2.45. The van der Waals surface area contributed by atoms with Gasteiger partial charge in [0.1, 0.15) is 0 Å². The quantitative estimate of drug-likeness (QED) is 0.494. The average Bonchev–Trinajstić information content (AvgIpc) is 2.07. The molecule has 0 aromatic heterocycles. The second-order valence-corrected chi connectivity index (χ2v) is 4.47. The fourth-order valence-corrected chi connectivity index (χ4v) is 2.16. The second kappa shape index (κ2) is 3.47. The number of allylic oxidation sites excluding steroid dienone is 2. The molecular weight excluding hydrogens is 204 g/mol. The van der Waals surface area contributed by atoms with E-state index in [1.807, 2.05) is 0 Å². The molecule has 1 aliphatic carbocycles. The summed E-state index contributed by atoms with van der Waals surface area (Å²) in [5.74, 6) is -0.766. The largest absolute Gasteiger partial charge is 0.370 e. The zero-order chi connectivity index (χ0) is 11.1. The third-order valence-corrected chi connectivity index (χ3v) is 3.43. The van der Waals surface area contributed by atoms with Crippen LogP contribution >= 0.6 is 0 Å². The van der Waals surface area contributed by atoms with Crippen molar-refractivity contribution in [2.45, 2.75) is 12.8 Å². The molecule has 0 N–H and O–H groups in total. The first-order valence-electron chi connectivity index (χ1n) is 5.78. The van der Waals surface area contributed by atoms with Crippen LogP contribution in [0.25, 0.3) is 0 Å². The van der Waals surface area contributed by atoms with Crippen LogP contribution in [0, 0.1) is 0 Å². The SMILES string of the molecule is O=C1C=C(N2CCC2)C(N2CCC2)=CC1=O. The lowest BCUT2D eigenvalue weighted by molar-refractivity contribution is -0.131. The van der Waals surface area contributed by atoms with Crippen LogP contribution in [0.4, 0.5) is 0 Å². The minimum Gasteiger partial charge on any atom is -0.370 e. The predicted molar refractivity (Wildman–Crippen MR) is 58.6 cm³/mol. The van der Waals surface area contributed by atoms with Gasteiger partial charge in [0.05, 0.1) is 11.4 Å². The Labute approximate surface area is 94.2 Å². The minimum absolute atomic E-state index is 0.383. The van der Waals surface area contributed by atoms with Crippen molar-refractivity contribution in [2.75, 3.05) is 26.2 Å². The van der Waals surface area contributed by atoms with Gasteiger partial charge in [-0.05, 0) is 12.8 Å². The lowest BCUT2D eigenvalue weighted by Gasteiger charge is -2.43. The lowest BCUT2D eigenvalue weighted by atomic mass is 10.00. The molecule has 0 amide bonds. The van der Waals surface area contributed by atoms with E-state index in [-0.39, 0.29) is 11.6 Å². The van der Waals surface area contributed by atoms with E-state index in [4.69, 9.17) is 0 Å². The van der Waals surface area contributed by atoms with E-state index in [0.717, 1.165) is 37.6 Å². The topological polar surface area (TPSA) is 40.6 Å². The number of hydrogen-bond donors (Lipinski definition) is 0. The summed E-state index contributed by atoms with van der Waals surface area (Å²) in [5.41, 5.74) is 1.91. The molecule has 2 fully saturated rings. The Morgan fingerprint density at radius 3 is 1.38 bits per heavy atom. The van der Waals surface area contributed by atoms with Gasteiger partial charge in [-0.3, -0.25) is 9.59 Å². The molecule has 3 aliphatic rings. The summed E-state index contributed by atoms with van der Waals surface area (Å²) in [6.45, 7) is 3.99. The van der Waals surface area contributed by atoms with Crippen molar-refractivity contribution in [2.24, 2.45) is 0 Å². The smallest absolute Gasteiger partial charge is 0.227 e. The van der Waals surface area contributed by atoms with Crippen molar-refractivity contribution >= 4 is 11.6 Å². The van der Waals surface area contributed by atoms with Gasteiger partial charge in [-0.1, -0.05) is 0 Å². The van der Waals surface area contributed by atoms with E-state index in [1.165, 1.54) is 25.0 Å². The van der Waals surface area contributed by atoms with Crippen molar-refractivity contribution in [1.82, 2.24) is 9.80 Å². The highest BCUT2D eigenvalue weighted by atomic mass is 16.2. The van der Waals surface area contributed by atoms with Gasteiger partial charge >= 0.3 is 0 Å². The van der Waals surface area contributed by atoms with Gasteiger partial charge in [0, 0.05) is 38.3 Å². The van der Waals surface area contributed by atoms with Crippen LogP contribution in [-0.2, 0) is 9.59 Å². The number of likely N-dealkylation sites (tertiary alicyclic amines) is 2. The van der Waals surface area contributed by atoms with Crippen molar-refractivity contribution in [1.29, 1.82) is 0 Å². The number of hydrogen-bond acceptors (Lipinski definition) is 4. The average molecular weight is 218 g/mol. The highest BCUT2D eigenvalue weighted by Crippen LogP contribution is 2.29. The molecule has 4 nitrogen and oxygen atoms in total. The molecule has 0 radical (unpaired) electrons. The van der Waals surface area contributed by atoms with E-state index >= 15 is 0 Å². The Morgan fingerprint density at radius 1 is 0.750 bits per heavy atom. The normalized spacial score (nSPS) is 24.8. The van der Waals surface area contributed by atoms with Crippen molar-refractivity contribution in [3.05, 3.63) is 23.5 Å². The zero-order valence-corrected chi connectivity index (χ0v) is 9.11. The summed E-state index contributed by atoms with van der Waals surface area (Å²) >= 11 is 0. The molecule has 2 aliphatic heterocycles. The monoisotopic (exact) mass is 218 g/mol. The van der Waals surface area contributed by atoms with E-state index in [9.17, 15) is 9.59 Å². The highest BCUT2D eigenvalue weighted by Gasteiger charge is 2.31. The highest BCUT2D eigenvalue weighted by molar-refractivity contribution is 6.46. The molecule has 0 aromatic rings. The van der Waals surface area contributed by atoms with Crippen molar-refractivity contribution < 1.29 is 9.59 Å². The molecule has 2 heterocycles. The molecule has 0 bridgehead atoms. The minimum atomic E-state index is -0.383. The Bertz CT molecular complexity index is 375. The Kier molecular flexibility index (Phi) is 2.09. The van der Waals surface area contributed by atoms with E-state index in [1.54, 1.807) is 0 Å². The summed E-state index contributed by atoms with van der Waals surface area (Å²) in [4.78, 5) is 27.2. The molecule has 16 heavy (non-hydrogen) atoms. The number of nitrogens with zero attached hydrogens (tertiary/aromatic N) is 2. The number of carbonyl (C=O) groups is 2. The van der Waals surface area contributed by atoms with E-state index in [0.29, 0.717) is 0 Å². The van der Waals surface area contributed by atoms with Crippen LogP contribution in [0.15, 0.2) is 23.5 Å². The number of rotatable bonds is 2. The van der Waals surface area contributed by atoms with Gasteiger partial charge in [0.15, 0.2) is 0 Å². The molecule has 4 heteroatoms. The maximum atomic E-state index is 11.4. The number of carbonyl (C=O) groups excluding carboxylic acids is 2. The standard InChI is InChI=1S/C12H14N2O2/c15-11-7-9(13-3-1-4-13)10(8-12(11)16)14-5-2-6-14/h7-8H,1-6H2. The van der Waals surface area contributed by atoms with Gasteiger partial charge in [0.2, 0.25) is 11.6 Å². The third kappa shape index (κ3) is 1.37. The van der Waals surface area contributed by atoms with Crippen LogP contribution < -0.4 is 0 Å². The molecule has 0 unspecified atom stereocenters. The van der Waals surface area contributed by atoms with E-state index in [2.05, 4.69) is 9.80 Å². The zero-order valence-electron chi connectivity index (χ0n) is 9.11. The van der Waals surface area contributed by atoms with Crippen LogP contribution in [0.1, 0.15) is 12.8 Å². The summed E-state index contributed by atoms with van der Waals surface area (Å²) in [5, 5.41) is 0. The molecular formula is C12H14N2O2. The first kappa shape index (κ1) is 9.63. The van der Waals surface area contributed by atoms with Gasteiger partial charge in [0.25, 0.3) is 0 Å². The van der Waals surface area contributed by atoms with Crippen molar-refractivity contribution in [3.8, 4) is 0 Å². The van der Waals surface area contributed by atoms with Gasteiger partial charge in [-0.25, -0.2) is 0 Å². The predicted octanol–water partition coefficient (Wildman–Crippen LogP) is 0.317. The second-order valence-electron chi connectivity index (χ2n) is 4.47.